The van der Waals surface area contributed by atoms with Gasteiger partial charge in [0.05, 0.1) is 5.02 Å². The summed E-state index contributed by atoms with van der Waals surface area (Å²) < 4.78 is 0. The van der Waals surface area contributed by atoms with E-state index < -0.39 is 5.97 Å². The molecule has 0 saturated heterocycles. The molecule has 1 aliphatic heterocycles. The van der Waals surface area contributed by atoms with Gasteiger partial charge in [0.2, 0.25) is 0 Å². The van der Waals surface area contributed by atoms with E-state index in [0.29, 0.717) is 11.4 Å². The fourth-order valence-corrected chi connectivity index (χ4v) is 2.25. The molecule has 0 atom stereocenters. The molecule has 12 heavy (non-hydrogen) atoms. The molecular weight excluding hydrogens is 198 g/mol. The van der Waals surface area contributed by atoms with E-state index in [9.17, 15) is 4.79 Å². The maximum absolute atomic E-state index is 10.5. The number of hydrogen-bond acceptors (Lipinski definition) is 3. The average Bonchev–Trinajstić information content (AvgIpc) is 2.53. The summed E-state index contributed by atoms with van der Waals surface area (Å²) in [4.78, 5) is 14.4. The molecule has 2 rings (SSSR count). The number of carbonyl (C=O) groups is 1. The minimum absolute atomic E-state index is 0.179. The minimum Gasteiger partial charge on any atom is -0.477 e. The predicted octanol–water partition coefficient (Wildman–Crippen LogP) is 2.11. The zero-order chi connectivity index (χ0) is 8.72. The Morgan fingerprint density at radius 3 is 3.08 bits per heavy atom. The number of aliphatic carboxylic acids is 1. The van der Waals surface area contributed by atoms with Crippen LogP contribution >= 0.6 is 22.9 Å². The van der Waals surface area contributed by atoms with Gasteiger partial charge in [-0.25, -0.2) is 9.79 Å². The normalized spacial score (nSPS) is 14.2. The highest BCUT2D eigenvalue weighted by Crippen LogP contribution is 2.38. The van der Waals surface area contributed by atoms with Gasteiger partial charge in [-0.1, -0.05) is 11.6 Å². The van der Waals surface area contributed by atoms with Gasteiger partial charge >= 0.3 is 5.97 Å². The lowest BCUT2D eigenvalue weighted by molar-refractivity contribution is -0.129. The maximum Gasteiger partial charge on any atom is 0.350 e. The second-order valence-electron chi connectivity index (χ2n) is 2.41. The second-order valence-corrected chi connectivity index (χ2v) is 3.67. The maximum atomic E-state index is 10.5. The van der Waals surface area contributed by atoms with Crippen LogP contribution in [0.15, 0.2) is 10.4 Å². The molecular formula is C7H4ClNO2S. The third-order valence-corrected chi connectivity index (χ3v) is 3.03. The van der Waals surface area contributed by atoms with Crippen LogP contribution in [0, 0.1) is 0 Å². The van der Waals surface area contributed by atoms with E-state index >= 15 is 0 Å². The molecule has 1 aliphatic rings. The van der Waals surface area contributed by atoms with E-state index in [-0.39, 0.29) is 5.71 Å². The Kier molecular flexibility index (Phi) is 1.66. The van der Waals surface area contributed by atoms with Crippen molar-refractivity contribution in [3.63, 3.8) is 0 Å². The molecule has 1 aromatic heterocycles. The lowest BCUT2D eigenvalue weighted by atomic mass is 10.2. The Bertz CT molecular complexity index is 383. The first kappa shape index (κ1) is 7.76. The van der Waals surface area contributed by atoms with E-state index in [4.69, 9.17) is 16.7 Å². The largest absolute Gasteiger partial charge is 0.477 e. The van der Waals surface area contributed by atoms with Crippen LogP contribution in [0.2, 0.25) is 5.02 Å². The molecule has 0 fully saturated rings. The number of hydrogen-bond donors (Lipinski definition) is 1. The Morgan fingerprint density at radius 1 is 1.75 bits per heavy atom. The fraction of sp³-hybridized carbons (Fsp3) is 0.143. The zero-order valence-corrected chi connectivity index (χ0v) is 7.45. The molecule has 1 aromatic rings. The predicted molar refractivity (Wildman–Crippen MR) is 47.8 cm³/mol. The number of thiophene rings is 1. The first-order chi connectivity index (χ1) is 5.68. The van der Waals surface area contributed by atoms with Crippen LogP contribution < -0.4 is 0 Å². The number of aliphatic imine (C=N–C) groups is 1. The van der Waals surface area contributed by atoms with Crippen molar-refractivity contribution in [1.82, 2.24) is 0 Å². The summed E-state index contributed by atoms with van der Waals surface area (Å²) in [5.41, 5.74) is 1.03. The molecule has 0 unspecified atom stereocenters. The van der Waals surface area contributed by atoms with Gasteiger partial charge < -0.3 is 5.11 Å². The third-order valence-electron chi connectivity index (χ3n) is 1.65. The van der Waals surface area contributed by atoms with E-state index in [1.807, 2.05) is 0 Å². The molecule has 0 saturated carbocycles. The number of carboxylic acid groups (broad SMARTS) is 1. The summed E-state index contributed by atoms with van der Waals surface area (Å²) in [5.74, 6) is -0.963. The number of rotatable bonds is 1. The molecule has 0 amide bonds. The average molecular weight is 202 g/mol. The first-order valence-electron chi connectivity index (χ1n) is 3.25. The van der Waals surface area contributed by atoms with Crippen LogP contribution in [0.5, 0.6) is 0 Å². The van der Waals surface area contributed by atoms with E-state index in [1.54, 1.807) is 5.38 Å². The van der Waals surface area contributed by atoms with Gasteiger partial charge in [-0.15, -0.1) is 11.3 Å². The van der Waals surface area contributed by atoms with Crippen molar-refractivity contribution < 1.29 is 9.90 Å². The Labute approximate surface area is 77.3 Å². The Hall–Kier alpha value is -0.870. The smallest absolute Gasteiger partial charge is 0.350 e. The van der Waals surface area contributed by atoms with Crippen LogP contribution in [0.1, 0.15) is 5.56 Å². The molecule has 0 bridgehead atoms. The van der Waals surface area contributed by atoms with Crippen LogP contribution in [-0.2, 0) is 11.2 Å². The van der Waals surface area contributed by atoms with E-state index in [1.165, 1.54) is 11.3 Å². The van der Waals surface area contributed by atoms with Crippen molar-refractivity contribution in [2.24, 2.45) is 4.99 Å². The Balaban J connectivity index is 2.41. The molecule has 62 valence electrons. The van der Waals surface area contributed by atoms with Crippen molar-refractivity contribution in [1.29, 1.82) is 0 Å². The van der Waals surface area contributed by atoms with E-state index in [2.05, 4.69) is 4.99 Å². The lowest BCUT2D eigenvalue weighted by Gasteiger charge is -1.89. The first-order valence-corrected chi connectivity index (χ1v) is 4.51. The molecule has 0 radical (unpaired) electrons. The number of fused-ring (bicyclic) bond motifs is 1. The van der Waals surface area contributed by atoms with Crippen LogP contribution in [0.4, 0.5) is 5.00 Å². The Morgan fingerprint density at radius 2 is 2.50 bits per heavy atom. The second kappa shape index (κ2) is 2.57. The third kappa shape index (κ3) is 1.04. The summed E-state index contributed by atoms with van der Waals surface area (Å²) in [5, 5.41) is 11.8. The molecule has 1 N–H and O–H groups in total. The molecule has 0 aliphatic carbocycles. The number of halogens is 1. The van der Waals surface area contributed by atoms with Gasteiger partial charge in [0.15, 0.2) is 0 Å². The fourth-order valence-electron chi connectivity index (χ4n) is 1.06. The number of nitrogens with zero attached hydrogens (tertiary/aromatic N) is 1. The summed E-state index contributed by atoms with van der Waals surface area (Å²) in [7, 11) is 0. The minimum atomic E-state index is -0.963. The topological polar surface area (TPSA) is 49.7 Å². The van der Waals surface area contributed by atoms with Gasteiger partial charge in [-0.3, -0.25) is 0 Å². The standard InChI is InChI=1S/C7H4ClNO2S/c8-4-2-12-6-3(4)1-5(9-6)7(10)11/h2H,1H2,(H,10,11). The van der Waals surface area contributed by atoms with Crippen molar-refractivity contribution in [3.05, 3.63) is 16.0 Å². The molecule has 0 aromatic carbocycles. The highest BCUT2D eigenvalue weighted by Gasteiger charge is 2.23. The summed E-state index contributed by atoms with van der Waals surface area (Å²) in [6.45, 7) is 0. The molecule has 2 heterocycles. The van der Waals surface area contributed by atoms with Crippen molar-refractivity contribution in [3.8, 4) is 0 Å². The molecule has 0 spiro atoms. The SMILES string of the molecule is O=C(O)C1=Nc2scc(Cl)c2C1. The van der Waals surface area contributed by atoms with Crippen molar-refractivity contribution >= 4 is 39.6 Å². The quantitative estimate of drug-likeness (QED) is 0.757. The number of carboxylic acids is 1. The summed E-state index contributed by atoms with van der Waals surface area (Å²) >= 11 is 7.18. The highest BCUT2D eigenvalue weighted by molar-refractivity contribution is 7.14. The molecule has 3 nitrogen and oxygen atoms in total. The van der Waals surface area contributed by atoms with Gasteiger partial charge in [0, 0.05) is 17.4 Å². The van der Waals surface area contributed by atoms with Crippen molar-refractivity contribution in [2.75, 3.05) is 0 Å². The van der Waals surface area contributed by atoms with Crippen LogP contribution in [-0.4, -0.2) is 16.8 Å². The van der Waals surface area contributed by atoms with Gasteiger partial charge in [-0.05, 0) is 0 Å². The van der Waals surface area contributed by atoms with Crippen LogP contribution in [0.25, 0.3) is 0 Å². The van der Waals surface area contributed by atoms with Crippen molar-refractivity contribution in [2.45, 2.75) is 6.42 Å². The zero-order valence-electron chi connectivity index (χ0n) is 5.87. The van der Waals surface area contributed by atoms with Gasteiger partial charge in [0.25, 0.3) is 0 Å². The highest BCUT2D eigenvalue weighted by atomic mass is 35.5. The lowest BCUT2D eigenvalue weighted by Crippen LogP contribution is -2.12. The molecule has 5 heteroatoms. The van der Waals surface area contributed by atoms with E-state index in [0.717, 1.165) is 10.6 Å². The van der Waals surface area contributed by atoms with Gasteiger partial charge in [0.1, 0.15) is 10.7 Å². The van der Waals surface area contributed by atoms with Crippen LogP contribution in [0.3, 0.4) is 0 Å². The summed E-state index contributed by atoms with van der Waals surface area (Å²) in [6.07, 6.45) is 0.354. The monoisotopic (exact) mass is 201 g/mol. The van der Waals surface area contributed by atoms with Gasteiger partial charge in [-0.2, -0.15) is 0 Å². The summed E-state index contributed by atoms with van der Waals surface area (Å²) in [6, 6.07) is 0.